The molecule has 2 heterocycles. The molecule has 0 aromatic rings. The van der Waals surface area contributed by atoms with Gasteiger partial charge >= 0.3 is 5.97 Å². The number of carbonyl (C=O) groups excluding carboxylic acids is 1. The molecule has 5 nitrogen and oxygen atoms in total. The fourth-order valence-corrected chi connectivity index (χ4v) is 4.07. The number of carboxylic acids is 1. The molecule has 2 rings (SSSR count). The van der Waals surface area contributed by atoms with Crippen LogP contribution in [0.25, 0.3) is 0 Å². The Labute approximate surface area is 98.6 Å². The summed E-state index contributed by atoms with van der Waals surface area (Å²) in [6.07, 6.45) is 0. The number of fused-ring (bicyclic) bond motifs is 1. The van der Waals surface area contributed by atoms with E-state index in [9.17, 15) is 14.7 Å². The maximum atomic E-state index is 11.8. The number of nitrogens with one attached hydrogen (secondary N) is 1. The number of thioether (sulfide) groups is 1. The van der Waals surface area contributed by atoms with Gasteiger partial charge in [-0.2, -0.15) is 0 Å². The van der Waals surface area contributed by atoms with Crippen LogP contribution in [-0.2, 0) is 9.59 Å². The van der Waals surface area contributed by atoms with Gasteiger partial charge in [-0.3, -0.25) is 4.79 Å². The van der Waals surface area contributed by atoms with E-state index in [1.807, 2.05) is 20.8 Å². The second kappa shape index (κ2) is 3.63. The van der Waals surface area contributed by atoms with Crippen LogP contribution < -0.4 is 5.32 Å². The van der Waals surface area contributed by atoms with Crippen molar-refractivity contribution in [1.82, 2.24) is 10.2 Å². The molecule has 2 saturated heterocycles. The first kappa shape index (κ1) is 11.7. The van der Waals surface area contributed by atoms with Crippen LogP contribution in [0.4, 0.5) is 0 Å². The average molecular weight is 244 g/mol. The minimum Gasteiger partial charge on any atom is -0.480 e. The summed E-state index contributed by atoms with van der Waals surface area (Å²) in [5.41, 5.74) is 0. The molecule has 3 atom stereocenters. The van der Waals surface area contributed by atoms with Crippen LogP contribution in [0.2, 0.25) is 0 Å². The number of carbonyl (C=O) groups is 2. The summed E-state index contributed by atoms with van der Waals surface area (Å²) in [7, 11) is 0. The summed E-state index contributed by atoms with van der Waals surface area (Å²) < 4.78 is -0.420. The first-order valence-electron chi connectivity index (χ1n) is 5.36. The van der Waals surface area contributed by atoms with E-state index in [0.717, 1.165) is 6.54 Å². The van der Waals surface area contributed by atoms with Crippen molar-refractivity contribution in [1.29, 1.82) is 0 Å². The SMILES string of the molecule is CCNC1C(=O)N2C1SC(C)(C)C2C(=O)O. The van der Waals surface area contributed by atoms with E-state index >= 15 is 0 Å². The van der Waals surface area contributed by atoms with Gasteiger partial charge in [-0.15, -0.1) is 11.8 Å². The maximum absolute atomic E-state index is 11.8. The molecule has 3 unspecified atom stereocenters. The zero-order chi connectivity index (χ0) is 12.1. The van der Waals surface area contributed by atoms with Gasteiger partial charge in [0.1, 0.15) is 17.5 Å². The Hall–Kier alpha value is -0.750. The van der Waals surface area contributed by atoms with Gasteiger partial charge in [-0.25, -0.2) is 4.79 Å². The maximum Gasteiger partial charge on any atom is 0.327 e. The molecule has 0 saturated carbocycles. The Morgan fingerprint density at radius 2 is 2.25 bits per heavy atom. The Bertz CT molecular complexity index is 345. The van der Waals surface area contributed by atoms with E-state index in [0.29, 0.717) is 0 Å². The minimum atomic E-state index is -0.914. The number of rotatable bonds is 3. The number of likely N-dealkylation sites (N-methyl/N-ethyl adjacent to an activating group) is 1. The fourth-order valence-electron chi connectivity index (χ4n) is 2.42. The molecule has 2 aliphatic rings. The predicted molar refractivity (Wildman–Crippen MR) is 61.2 cm³/mol. The Balaban J connectivity index is 2.21. The van der Waals surface area contributed by atoms with E-state index < -0.39 is 16.8 Å². The van der Waals surface area contributed by atoms with Crippen molar-refractivity contribution in [3.8, 4) is 0 Å². The Morgan fingerprint density at radius 3 is 2.75 bits per heavy atom. The lowest BCUT2D eigenvalue weighted by Gasteiger charge is -2.43. The summed E-state index contributed by atoms with van der Waals surface area (Å²) in [4.78, 5) is 24.5. The zero-order valence-corrected chi connectivity index (χ0v) is 10.4. The third-order valence-corrected chi connectivity index (χ3v) is 4.67. The van der Waals surface area contributed by atoms with Gasteiger partial charge in [0.05, 0.1) is 0 Å². The summed E-state index contributed by atoms with van der Waals surface area (Å²) in [6.45, 7) is 6.42. The Kier molecular flexibility index (Phi) is 2.66. The smallest absolute Gasteiger partial charge is 0.327 e. The molecule has 2 aliphatic heterocycles. The van der Waals surface area contributed by atoms with Gasteiger partial charge in [0, 0.05) is 4.75 Å². The number of hydrogen-bond donors (Lipinski definition) is 2. The predicted octanol–water partition coefficient (Wildman–Crippen LogP) is 0.111. The molecule has 1 amide bonds. The van der Waals surface area contributed by atoms with Crippen molar-refractivity contribution in [2.24, 2.45) is 0 Å². The molecule has 0 spiro atoms. The molecule has 16 heavy (non-hydrogen) atoms. The van der Waals surface area contributed by atoms with Gasteiger partial charge in [0.2, 0.25) is 5.91 Å². The number of hydrogen-bond acceptors (Lipinski definition) is 4. The van der Waals surface area contributed by atoms with Crippen molar-refractivity contribution < 1.29 is 14.7 Å². The molecule has 0 aromatic heterocycles. The van der Waals surface area contributed by atoms with Gasteiger partial charge in [0.25, 0.3) is 0 Å². The summed E-state index contributed by atoms with van der Waals surface area (Å²) in [5, 5.41) is 12.2. The first-order chi connectivity index (χ1) is 7.40. The van der Waals surface area contributed by atoms with Crippen molar-refractivity contribution in [3.05, 3.63) is 0 Å². The molecule has 0 aromatic carbocycles. The van der Waals surface area contributed by atoms with Crippen molar-refractivity contribution in [3.63, 3.8) is 0 Å². The number of amides is 1. The standard InChI is InChI=1S/C10H16N2O3S/c1-4-11-5-7(13)12-6(9(14)15)10(2,3)16-8(5)12/h5-6,8,11H,4H2,1-3H3,(H,14,15). The molecule has 0 aliphatic carbocycles. The van der Waals surface area contributed by atoms with Crippen LogP contribution in [0.1, 0.15) is 20.8 Å². The number of aliphatic carboxylic acids is 1. The molecule has 2 fully saturated rings. The van der Waals surface area contributed by atoms with E-state index in [4.69, 9.17) is 0 Å². The number of β-lactam (4-membered cyclic amide) rings is 1. The molecule has 0 radical (unpaired) electrons. The monoisotopic (exact) mass is 244 g/mol. The normalized spacial score (nSPS) is 35.8. The molecule has 6 heteroatoms. The van der Waals surface area contributed by atoms with E-state index in [-0.39, 0.29) is 17.3 Å². The Morgan fingerprint density at radius 1 is 1.62 bits per heavy atom. The second-order valence-electron chi connectivity index (χ2n) is 4.63. The first-order valence-corrected chi connectivity index (χ1v) is 6.24. The van der Waals surface area contributed by atoms with Crippen LogP contribution in [-0.4, -0.2) is 50.6 Å². The van der Waals surface area contributed by atoms with Crippen LogP contribution in [0.5, 0.6) is 0 Å². The van der Waals surface area contributed by atoms with Crippen LogP contribution in [0.15, 0.2) is 0 Å². The van der Waals surface area contributed by atoms with Gasteiger partial charge < -0.3 is 15.3 Å². The molecule has 90 valence electrons. The highest BCUT2D eigenvalue weighted by Crippen LogP contribution is 2.50. The summed E-state index contributed by atoms with van der Waals surface area (Å²) >= 11 is 1.57. The molecule has 2 N–H and O–H groups in total. The van der Waals surface area contributed by atoms with E-state index in [2.05, 4.69) is 5.32 Å². The highest BCUT2D eigenvalue weighted by atomic mass is 32.2. The van der Waals surface area contributed by atoms with Crippen LogP contribution in [0, 0.1) is 0 Å². The zero-order valence-electron chi connectivity index (χ0n) is 9.56. The summed E-state index contributed by atoms with van der Waals surface area (Å²) in [5.74, 6) is -0.999. The lowest BCUT2D eigenvalue weighted by Crippen LogP contribution is -2.69. The lowest BCUT2D eigenvalue weighted by molar-refractivity contribution is -0.160. The van der Waals surface area contributed by atoms with Crippen molar-refractivity contribution in [2.45, 2.75) is 43.0 Å². The third-order valence-electron chi connectivity index (χ3n) is 3.10. The largest absolute Gasteiger partial charge is 0.480 e. The topological polar surface area (TPSA) is 69.6 Å². The minimum absolute atomic E-state index is 0.0245. The molecule has 0 bridgehead atoms. The quantitative estimate of drug-likeness (QED) is 0.690. The molecular formula is C10H16N2O3S. The van der Waals surface area contributed by atoms with Crippen molar-refractivity contribution >= 4 is 23.6 Å². The average Bonchev–Trinajstić information content (AvgIpc) is 2.43. The van der Waals surface area contributed by atoms with Gasteiger partial charge in [0.15, 0.2) is 0 Å². The lowest BCUT2D eigenvalue weighted by atomic mass is 9.96. The van der Waals surface area contributed by atoms with Crippen LogP contribution in [0.3, 0.4) is 0 Å². The van der Waals surface area contributed by atoms with E-state index in [1.54, 1.807) is 11.8 Å². The third kappa shape index (κ3) is 1.43. The molecular weight excluding hydrogens is 228 g/mol. The van der Waals surface area contributed by atoms with E-state index in [1.165, 1.54) is 4.90 Å². The highest BCUT2D eigenvalue weighted by Gasteiger charge is 2.63. The second-order valence-corrected chi connectivity index (χ2v) is 6.40. The van der Waals surface area contributed by atoms with Gasteiger partial charge in [-0.1, -0.05) is 6.92 Å². The van der Waals surface area contributed by atoms with Gasteiger partial charge in [-0.05, 0) is 20.4 Å². The highest BCUT2D eigenvalue weighted by molar-refractivity contribution is 8.01. The van der Waals surface area contributed by atoms with Crippen molar-refractivity contribution in [2.75, 3.05) is 6.54 Å². The van der Waals surface area contributed by atoms with Crippen LogP contribution >= 0.6 is 11.8 Å². The number of nitrogens with zero attached hydrogens (tertiary/aromatic N) is 1. The number of carboxylic acid groups (broad SMARTS) is 1. The summed E-state index contributed by atoms with van der Waals surface area (Å²) in [6, 6.07) is -0.913. The fraction of sp³-hybridized carbons (Fsp3) is 0.800.